The van der Waals surface area contributed by atoms with Gasteiger partial charge in [-0.1, -0.05) is 18.2 Å². The molecular weight excluding hydrogens is 350 g/mol. The molecule has 6 nitrogen and oxygen atoms in total. The second-order valence-corrected chi connectivity index (χ2v) is 7.36. The van der Waals surface area contributed by atoms with E-state index in [9.17, 15) is 13.2 Å². The van der Waals surface area contributed by atoms with E-state index in [1.807, 2.05) is 30.3 Å². The third-order valence-electron chi connectivity index (χ3n) is 3.79. The zero-order chi connectivity index (χ0) is 18.6. The second-order valence-electron chi connectivity index (χ2n) is 5.47. The van der Waals surface area contributed by atoms with Crippen LogP contribution in [-0.4, -0.2) is 26.4 Å². The molecule has 3 aromatic rings. The summed E-state index contributed by atoms with van der Waals surface area (Å²) in [6, 6.07) is 15.5. The van der Waals surface area contributed by atoms with Gasteiger partial charge < -0.3 is 5.32 Å². The maximum Gasteiger partial charge on any atom is 0.248 e. The average Bonchev–Trinajstić information content (AvgIpc) is 2.67. The molecule has 0 aliphatic carbocycles. The number of sulfonamides is 1. The summed E-state index contributed by atoms with van der Waals surface area (Å²) >= 11 is 0. The first kappa shape index (κ1) is 17.8. The van der Waals surface area contributed by atoms with Gasteiger partial charge in [-0.05, 0) is 55.1 Å². The summed E-state index contributed by atoms with van der Waals surface area (Å²) in [4.78, 5) is 16.6. The van der Waals surface area contributed by atoms with Crippen LogP contribution in [0, 0.1) is 0 Å². The number of carbonyl (C=O) groups excluding carboxylic acids is 1. The smallest absolute Gasteiger partial charge is 0.248 e. The van der Waals surface area contributed by atoms with Crippen molar-refractivity contribution in [3.8, 4) is 0 Å². The Labute approximate surface area is 151 Å². The molecule has 26 heavy (non-hydrogen) atoms. The number of hydrogen-bond donors (Lipinski definition) is 2. The molecule has 2 N–H and O–H groups in total. The normalized spacial score (nSPS) is 11.7. The monoisotopic (exact) mass is 367 g/mol. The van der Waals surface area contributed by atoms with E-state index < -0.39 is 10.0 Å². The van der Waals surface area contributed by atoms with Crippen molar-refractivity contribution in [2.45, 2.75) is 4.90 Å². The predicted molar refractivity (Wildman–Crippen MR) is 102 cm³/mol. The van der Waals surface area contributed by atoms with Crippen LogP contribution in [0.5, 0.6) is 0 Å². The Morgan fingerprint density at radius 2 is 1.81 bits per heavy atom. The number of hydrogen-bond acceptors (Lipinski definition) is 4. The molecular formula is C19H17N3O3S. The van der Waals surface area contributed by atoms with Crippen molar-refractivity contribution in [3.05, 3.63) is 72.4 Å². The van der Waals surface area contributed by atoms with Gasteiger partial charge in [-0.25, -0.2) is 13.1 Å². The summed E-state index contributed by atoms with van der Waals surface area (Å²) < 4.78 is 25.6. The van der Waals surface area contributed by atoms with Gasteiger partial charge in [0.05, 0.1) is 16.1 Å². The number of anilines is 1. The van der Waals surface area contributed by atoms with Crippen molar-refractivity contribution < 1.29 is 13.2 Å². The third kappa shape index (κ3) is 3.96. The molecule has 1 aromatic heterocycles. The van der Waals surface area contributed by atoms with Gasteiger partial charge in [-0.3, -0.25) is 9.78 Å². The van der Waals surface area contributed by atoms with Crippen LogP contribution in [0.4, 0.5) is 5.69 Å². The van der Waals surface area contributed by atoms with Crippen LogP contribution in [0.3, 0.4) is 0 Å². The van der Waals surface area contributed by atoms with E-state index in [1.165, 1.54) is 25.3 Å². The molecule has 132 valence electrons. The Bertz CT molecular complexity index is 1070. The molecule has 0 atom stereocenters. The molecule has 0 unspecified atom stereocenters. The number of nitrogens with zero attached hydrogens (tertiary/aromatic N) is 1. The van der Waals surface area contributed by atoms with Gasteiger partial charge in [0.25, 0.3) is 0 Å². The Morgan fingerprint density at radius 3 is 2.54 bits per heavy atom. The fourth-order valence-electron chi connectivity index (χ4n) is 2.43. The number of aromatic nitrogens is 1. The van der Waals surface area contributed by atoms with E-state index in [4.69, 9.17) is 0 Å². The van der Waals surface area contributed by atoms with Gasteiger partial charge in [0.1, 0.15) is 0 Å². The molecule has 3 rings (SSSR count). The predicted octanol–water partition coefficient (Wildman–Crippen LogP) is 2.79. The molecule has 0 saturated carbocycles. The van der Waals surface area contributed by atoms with Crippen molar-refractivity contribution >= 4 is 38.6 Å². The van der Waals surface area contributed by atoms with Gasteiger partial charge in [0.15, 0.2) is 0 Å². The quantitative estimate of drug-likeness (QED) is 0.679. The lowest BCUT2D eigenvalue weighted by atomic mass is 10.1. The topological polar surface area (TPSA) is 88.2 Å². The molecule has 2 aromatic carbocycles. The number of nitrogens with one attached hydrogen (secondary N) is 2. The minimum atomic E-state index is -3.47. The Hall–Kier alpha value is -3.03. The number of rotatable bonds is 5. The summed E-state index contributed by atoms with van der Waals surface area (Å²) in [5.41, 5.74) is 2.20. The zero-order valence-electron chi connectivity index (χ0n) is 14.0. The summed E-state index contributed by atoms with van der Waals surface area (Å²) in [6.07, 6.45) is 4.72. The number of benzene rings is 2. The molecule has 1 amide bonds. The highest BCUT2D eigenvalue weighted by Crippen LogP contribution is 2.21. The van der Waals surface area contributed by atoms with Gasteiger partial charge in [-0.15, -0.1) is 0 Å². The van der Waals surface area contributed by atoms with Gasteiger partial charge in [0, 0.05) is 17.7 Å². The fraction of sp³-hybridized carbons (Fsp3) is 0.0526. The van der Waals surface area contributed by atoms with Crippen LogP contribution in [0.25, 0.3) is 17.0 Å². The van der Waals surface area contributed by atoms with E-state index >= 15 is 0 Å². The Morgan fingerprint density at radius 1 is 1.04 bits per heavy atom. The van der Waals surface area contributed by atoms with Crippen LogP contribution in [-0.2, 0) is 14.8 Å². The molecule has 0 spiro atoms. The SMILES string of the molecule is CNS(=O)(=O)c1ccc(/C=C/C(=O)Nc2cccc3ncccc23)cc1. The first-order chi connectivity index (χ1) is 12.5. The highest BCUT2D eigenvalue weighted by Gasteiger charge is 2.10. The Balaban J connectivity index is 1.73. The average molecular weight is 367 g/mol. The highest BCUT2D eigenvalue weighted by molar-refractivity contribution is 7.89. The van der Waals surface area contributed by atoms with Crippen molar-refractivity contribution in [1.82, 2.24) is 9.71 Å². The molecule has 1 heterocycles. The fourth-order valence-corrected chi connectivity index (χ4v) is 3.16. The number of amides is 1. The lowest BCUT2D eigenvalue weighted by Crippen LogP contribution is -2.18. The number of pyridine rings is 1. The lowest BCUT2D eigenvalue weighted by Gasteiger charge is -2.06. The van der Waals surface area contributed by atoms with Crippen molar-refractivity contribution in [2.75, 3.05) is 12.4 Å². The number of fused-ring (bicyclic) bond motifs is 1. The first-order valence-corrected chi connectivity index (χ1v) is 9.34. The minimum Gasteiger partial charge on any atom is -0.322 e. The number of carbonyl (C=O) groups is 1. The maximum absolute atomic E-state index is 12.2. The highest BCUT2D eigenvalue weighted by atomic mass is 32.2. The van der Waals surface area contributed by atoms with Crippen LogP contribution in [0.2, 0.25) is 0 Å². The van der Waals surface area contributed by atoms with E-state index in [1.54, 1.807) is 24.4 Å². The van der Waals surface area contributed by atoms with E-state index in [0.29, 0.717) is 5.69 Å². The molecule has 0 aliphatic rings. The summed E-state index contributed by atoms with van der Waals surface area (Å²) in [6.45, 7) is 0. The molecule has 0 radical (unpaired) electrons. The second kappa shape index (κ2) is 7.47. The molecule has 0 bridgehead atoms. The Kier molecular flexibility index (Phi) is 5.11. The van der Waals surface area contributed by atoms with Crippen molar-refractivity contribution in [3.63, 3.8) is 0 Å². The molecule has 0 saturated heterocycles. The summed E-state index contributed by atoms with van der Waals surface area (Å²) in [5, 5.41) is 3.69. The van der Waals surface area contributed by atoms with Crippen LogP contribution >= 0.6 is 0 Å². The van der Waals surface area contributed by atoms with Crippen molar-refractivity contribution in [2.24, 2.45) is 0 Å². The summed E-state index contributed by atoms with van der Waals surface area (Å²) in [5.74, 6) is -0.284. The van der Waals surface area contributed by atoms with Crippen LogP contribution in [0.15, 0.2) is 71.8 Å². The maximum atomic E-state index is 12.2. The van der Waals surface area contributed by atoms with E-state index in [-0.39, 0.29) is 10.8 Å². The van der Waals surface area contributed by atoms with Gasteiger partial charge in [0.2, 0.25) is 15.9 Å². The molecule has 7 heteroatoms. The van der Waals surface area contributed by atoms with E-state index in [2.05, 4.69) is 15.0 Å². The standard InChI is InChI=1S/C19H17N3O3S/c1-20-26(24,25)15-10-7-14(8-11-15)9-12-19(23)22-18-6-2-5-17-16(18)4-3-13-21-17/h2-13,20H,1H3,(H,22,23)/b12-9+. The lowest BCUT2D eigenvalue weighted by molar-refractivity contribution is -0.111. The summed E-state index contributed by atoms with van der Waals surface area (Å²) in [7, 11) is -2.11. The van der Waals surface area contributed by atoms with Gasteiger partial charge in [-0.2, -0.15) is 0 Å². The molecule has 0 fully saturated rings. The largest absolute Gasteiger partial charge is 0.322 e. The van der Waals surface area contributed by atoms with Crippen molar-refractivity contribution in [1.29, 1.82) is 0 Å². The molecule has 0 aliphatic heterocycles. The first-order valence-electron chi connectivity index (χ1n) is 7.86. The van der Waals surface area contributed by atoms with E-state index in [0.717, 1.165) is 16.5 Å². The minimum absolute atomic E-state index is 0.171. The van der Waals surface area contributed by atoms with Crippen LogP contribution in [0.1, 0.15) is 5.56 Å². The third-order valence-corrected chi connectivity index (χ3v) is 5.22. The van der Waals surface area contributed by atoms with Gasteiger partial charge >= 0.3 is 0 Å². The van der Waals surface area contributed by atoms with Crippen LogP contribution < -0.4 is 10.0 Å². The zero-order valence-corrected chi connectivity index (χ0v) is 14.8.